The molecule has 1 heterocycles. The summed E-state index contributed by atoms with van der Waals surface area (Å²) >= 11 is 2.83. The van der Waals surface area contributed by atoms with Crippen molar-refractivity contribution in [3.63, 3.8) is 0 Å². The van der Waals surface area contributed by atoms with E-state index in [4.69, 9.17) is 4.74 Å². The molecule has 5 nitrogen and oxygen atoms in total. The van der Waals surface area contributed by atoms with Crippen molar-refractivity contribution in [3.8, 4) is 11.5 Å². The van der Waals surface area contributed by atoms with Gasteiger partial charge in [0.2, 0.25) is 0 Å². The number of hydrogen-bond donors (Lipinski definition) is 2. The normalized spacial score (nSPS) is 16.8. The lowest BCUT2D eigenvalue weighted by atomic mass is 10.2. The molecule has 2 N–H and O–H groups in total. The SMILES string of the molecule is CCOc1cc(C=C2SC(=O)NC2=O)cc(I)c1O. The maximum Gasteiger partial charge on any atom is 0.290 e. The quantitative estimate of drug-likeness (QED) is 0.612. The number of halogens is 1. The van der Waals surface area contributed by atoms with Gasteiger partial charge >= 0.3 is 0 Å². The van der Waals surface area contributed by atoms with E-state index in [0.717, 1.165) is 11.8 Å². The van der Waals surface area contributed by atoms with Crippen molar-refractivity contribution in [2.24, 2.45) is 0 Å². The molecule has 2 amide bonds. The molecule has 100 valence electrons. The number of hydrogen-bond acceptors (Lipinski definition) is 5. The van der Waals surface area contributed by atoms with Crippen molar-refractivity contribution in [2.45, 2.75) is 6.92 Å². The molecular weight excluding hydrogens is 381 g/mol. The molecule has 0 radical (unpaired) electrons. The average Bonchev–Trinajstić information content (AvgIpc) is 2.64. The van der Waals surface area contributed by atoms with Gasteiger partial charge in [-0.25, -0.2) is 0 Å². The fourth-order valence-electron chi connectivity index (χ4n) is 1.52. The average molecular weight is 391 g/mol. The summed E-state index contributed by atoms with van der Waals surface area (Å²) in [5, 5.41) is 11.6. The van der Waals surface area contributed by atoms with Gasteiger partial charge in [0.15, 0.2) is 11.5 Å². The van der Waals surface area contributed by atoms with E-state index in [1.165, 1.54) is 0 Å². The smallest absolute Gasteiger partial charge is 0.290 e. The number of ether oxygens (including phenoxy) is 1. The fraction of sp³-hybridized carbons (Fsp3) is 0.167. The number of carbonyl (C=O) groups excluding carboxylic acids is 2. The Kier molecular flexibility index (Phi) is 4.35. The minimum atomic E-state index is -0.406. The molecule has 7 heteroatoms. The maximum absolute atomic E-state index is 11.4. The molecule has 1 aliphatic rings. The minimum Gasteiger partial charge on any atom is -0.504 e. The lowest BCUT2D eigenvalue weighted by Gasteiger charge is -2.08. The van der Waals surface area contributed by atoms with Gasteiger partial charge in [-0.15, -0.1) is 0 Å². The van der Waals surface area contributed by atoms with E-state index >= 15 is 0 Å². The van der Waals surface area contributed by atoms with Crippen LogP contribution in [0.25, 0.3) is 6.08 Å². The molecule has 0 aromatic heterocycles. The molecule has 19 heavy (non-hydrogen) atoms. The molecule has 0 unspecified atom stereocenters. The van der Waals surface area contributed by atoms with Crippen LogP contribution in [-0.4, -0.2) is 22.9 Å². The van der Waals surface area contributed by atoms with Crippen LogP contribution in [0.4, 0.5) is 4.79 Å². The van der Waals surface area contributed by atoms with Crippen molar-refractivity contribution in [2.75, 3.05) is 6.61 Å². The second-order valence-corrected chi connectivity index (χ2v) is 5.81. The van der Waals surface area contributed by atoms with Crippen LogP contribution in [0.3, 0.4) is 0 Å². The van der Waals surface area contributed by atoms with Crippen molar-refractivity contribution in [1.82, 2.24) is 5.32 Å². The Hall–Kier alpha value is -1.22. The first-order valence-electron chi connectivity index (χ1n) is 5.41. The third kappa shape index (κ3) is 3.21. The van der Waals surface area contributed by atoms with Gasteiger partial charge in [-0.2, -0.15) is 0 Å². The zero-order valence-corrected chi connectivity index (χ0v) is 12.9. The molecule has 0 aliphatic carbocycles. The van der Waals surface area contributed by atoms with E-state index < -0.39 is 5.91 Å². The van der Waals surface area contributed by atoms with Crippen molar-refractivity contribution >= 4 is 51.6 Å². The summed E-state index contributed by atoms with van der Waals surface area (Å²) in [5.74, 6) is 0.0243. The molecule has 0 saturated carbocycles. The highest BCUT2D eigenvalue weighted by atomic mass is 127. The zero-order valence-electron chi connectivity index (χ0n) is 9.90. The van der Waals surface area contributed by atoms with Gasteiger partial charge in [-0.05, 0) is 65.0 Å². The number of benzene rings is 1. The van der Waals surface area contributed by atoms with E-state index in [9.17, 15) is 14.7 Å². The van der Waals surface area contributed by atoms with Crippen molar-refractivity contribution in [1.29, 1.82) is 0 Å². The third-order valence-electron chi connectivity index (χ3n) is 2.29. The topological polar surface area (TPSA) is 75.6 Å². The van der Waals surface area contributed by atoms with Gasteiger partial charge in [-0.1, -0.05) is 0 Å². The largest absolute Gasteiger partial charge is 0.504 e. The van der Waals surface area contributed by atoms with Crippen molar-refractivity contribution in [3.05, 3.63) is 26.2 Å². The van der Waals surface area contributed by atoms with E-state index in [0.29, 0.717) is 26.4 Å². The molecule has 1 aliphatic heterocycles. The number of imide groups is 1. The standard InChI is InChI=1S/C12H10INO4S/c1-2-18-8-4-6(3-7(13)10(8)15)5-9-11(16)14-12(17)19-9/h3-5,15H,2H2,1H3,(H,14,16,17). The lowest BCUT2D eigenvalue weighted by molar-refractivity contribution is -0.115. The van der Waals surface area contributed by atoms with Crippen LogP contribution in [0.2, 0.25) is 0 Å². The maximum atomic E-state index is 11.4. The third-order valence-corrected chi connectivity index (χ3v) is 3.92. The predicted molar refractivity (Wildman–Crippen MR) is 81.1 cm³/mol. The highest BCUT2D eigenvalue weighted by molar-refractivity contribution is 14.1. The summed E-state index contributed by atoms with van der Waals surface area (Å²) in [6.45, 7) is 2.24. The number of nitrogens with one attached hydrogen (secondary N) is 1. The first-order valence-corrected chi connectivity index (χ1v) is 7.31. The van der Waals surface area contributed by atoms with Gasteiger partial charge in [0, 0.05) is 0 Å². The fourth-order valence-corrected chi connectivity index (χ4v) is 2.82. The molecule has 1 aromatic carbocycles. The summed E-state index contributed by atoms with van der Waals surface area (Å²) in [4.78, 5) is 22.8. The van der Waals surface area contributed by atoms with Gasteiger partial charge in [0.25, 0.3) is 11.1 Å². The van der Waals surface area contributed by atoms with Crippen LogP contribution in [-0.2, 0) is 4.79 Å². The predicted octanol–water partition coefficient (Wildman–Crippen LogP) is 2.72. The van der Waals surface area contributed by atoms with E-state index in [1.54, 1.807) is 18.2 Å². The van der Waals surface area contributed by atoms with Crippen LogP contribution in [0, 0.1) is 3.57 Å². The summed E-state index contributed by atoms with van der Waals surface area (Å²) in [6, 6.07) is 3.34. The Labute approximate surface area is 127 Å². The van der Waals surface area contributed by atoms with E-state index in [1.807, 2.05) is 29.5 Å². The number of phenols is 1. The molecule has 0 atom stereocenters. The Morgan fingerprint density at radius 1 is 1.47 bits per heavy atom. The molecule has 1 fully saturated rings. The van der Waals surface area contributed by atoms with Crippen LogP contribution >= 0.6 is 34.4 Å². The molecule has 0 spiro atoms. The first kappa shape index (κ1) is 14.2. The Morgan fingerprint density at radius 3 is 2.79 bits per heavy atom. The minimum absolute atomic E-state index is 0.0733. The highest BCUT2D eigenvalue weighted by Crippen LogP contribution is 2.34. The van der Waals surface area contributed by atoms with Crippen LogP contribution in [0.15, 0.2) is 17.0 Å². The molecular formula is C12H10INO4S. The Bertz CT molecular complexity index is 585. The Morgan fingerprint density at radius 2 is 2.21 bits per heavy atom. The lowest BCUT2D eigenvalue weighted by Crippen LogP contribution is -2.17. The molecule has 1 saturated heterocycles. The van der Waals surface area contributed by atoms with Gasteiger partial charge in [0.05, 0.1) is 15.1 Å². The molecule has 0 bridgehead atoms. The number of thioether (sulfide) groups is 1. The summed E-state index contributed by atoms with van der Waals surface area (Å²) in [6.07, 6.45) is 1.59. The van der Waals surface area contributed by atoms with Crippen LogP contribution < -0.4 is 10.1 Å². The van der Waals surface area contributed by atoms with E-state index in [-0.39, 0.29) is 11.0 Å². The van der Waals surface area contributed by atoms with Crippen LogP contribution in [0.1, 0.15) is 12.5 Å². The summed E-state index contributed by atoms with van der Waals surface area (Å²) in [7, 11) is 0. The van der Waals surface area contributed by atoms with E-state index in [2.05, 4.69) is 5.32 Å². The number of aromatic hydroxyl groups is 1. The second-order valence-electron chi connectivity index (χ2n) is 3.63. The molecule has 1 aromatic rings. The van der Waals surface area contributed by atoms with Crippen LogP contribution in [0.5, 0.6) is 11.5 Å². The summed E-state index contributed by atoms with van der Waals surface area (Å²) < 4.78 is 5.93. The van der Waals surface area contributed by atoms with Gasteiger partial charge in [0.1, 0.15) is 0 Å². The number of amides is 2. The summed E-state index contributed by atoms with van der Waals surface area (Å²) in [5.41, 5.74) is 0.693. The van der Waals surface area contributed by atoms with Crippen molar-refractivity contribution < 1.29 is 19.4 Å². The van der Waals surface area contributed by atoms with Gasteiger partial charge < -0.3 is 9.84 Å². The Balaban J connectivity index is 2.38. The highest BCUT2D eigenvalue weighted by Gasteiger charge is 2.25. The second kappa shape index (κ2) is 5.83. The first-order chi connectivity index (χ1) is 9.01. The molecule has 2 rings (SSSR count). The monoisotopic (exact) mass is 391 g/mol. The number of rotatable bonds is 3. The number of phenolic OH excluding ortho intramolecular Hbond substituents is 1. The zero-order chi connectivity index (χ0) is 14.0. The van der Waals surface area contributed by atoms with Gasteiger partial charge in [-0.3, -0.25) is 14.9 Å². The number of carbonyl (C=O) groups is 2.